The van der Waals surface area contributed by atoms with Crippen LogP contribution in [-0.4, -0.2) is 26.9 Å². The van der Waals surface area contributed by atoms with Gasteiger partial charge in [-0.05, 0) is 32.1 Å². The number of fused-ring (bicyclic) bond motifs is 1. The van der Waals surface area contributed by atoms with Crippen LogP contribution in [-0.2, 0) is 0 Å². The number of nitrogens with one attached hydrogen (secondary N) is 2. The molecule has 24 heavy (non-hydrogen) atoms. The summed E-state index contributed by atoms with van der Waals surface area (Å²) < 4.78 is 0. The number of amides is 1. The van der Waals surface area contributed by atoms with E-state index in [-0.39, 0.29) is 11.9 Å². The van der Waals surface area contributed by atoms with E-state index in [0.717, 1.165) is 18.5 Å². The highest BCUT2D eigenvalue weighted by Crippen LogP contribution is 2.39. The number of nitrogens with zero attached hydrogens (tertiary/aromatic N) is 2. The van der Waals surface area contributed by atoms with Crippen LogP contribution in [0.2, 0.25) is 0 Å². The molecule has 2 atom stereocenters. The first-order chi connectivity index (χ1) is 11.6. The lowest BCUT2D eigenvalue weighted by atomic mass is 9.98. The molecule has 2 heterocycles. The van der Waals surface area contributed by atoms with Crippen molar-refractivity contribution in [2.24, 2.45) is 5.92 Å². The number of carbonyl (C=O) groups excluding carboxylic acids is 1. The van der Waals surface area contributed by atoms with Crippen LogP contribution >= 0.6 is 0 Å². The molecule has 2 aromatic rings. The maximum absolute atomic E-state index is 12.5. The van der Waals surface area contributed by atoms with Crippen molar-refractivity contribution in [3.63, 3.8) is 0 Å². The van der Waals surface area contributed by atoms with Gasteiger partial charge in [0.1, 0.15) is 5.52 Å². The maximum Gasteiger partial charge on any atom is 0.255 e. The van der Waals surface area contributed by atoms with Gasteiger partial charge in [-0.15, -0.1) is 0 Å². The lowest BCUT2D eigenvalue weighted by molar-refractivity contribution is 0.0929. The zero-order valence-electron chi connectivity index (χ0n) is 15.5. The summed E-state index contributed by atoms with van der Waals surface area (Å²) in [4.78, 5) is 24.6. The Kier molecular flexibility index (Phi) is 6.35. The van der Waals surface area contributed by atoms with E-state index in [1.165, 1.54) is 12.8 Å². The molecule has 1 aliphatic carbocycles. The van der Waals surface area contributed by atoms with Crippen molar-refractivity contribution in [1.29, 1.82) is 0 Å². The highest BCUT2D eigenvalue weighted by molar-refractivity contribution is 6.04. The van der Waals surface area contributed by atoms with Crippen molar-refractivity contribution in [3.05, 3.63) is 23.7 Å². The Labute approximate surface area is 144 Å². The third kappa shape index (κ3) is 4.13. The molecule has 2 N–H and O–H groups in total. The third-order valence-corrected chi connectivity index (χ3v) is 4.60. The molecule has 0 aromatic carbocycles. The first-order valence-corrected chi connectivity index (χ1v) is 9.25. The summed E-state index contributed by atoms with van der Waals surface area (Å²) in [5, 5.41) is 3.10. The molecule has 0 radical (unpaired) electrons. The van der Waals surface area contributed by atoms with Crippen molar-refractivity contribution in [2.45, 2.75) is 72.3 Å². The first kappa shape index (κ1) is 18.4. The molecular formula is C19H30N4O. The lowest BCUT2D eigenvalue weighted by Gasteiger charge is -2.20. The molecule has 0 bridgehead atoms. The van der Waals surface area contributed by atoms with Crippen molar-refractivity contribution in [2.75, 3.05) is 0 Å². The van der Waals surface area contributed by atoms with E-state index in [4.69, 9.17) is 0 Å². The minimum Gasteiger partial charge on any atom is -0.349 e. The first-order valence-electron chi connectivity index (χ1n) is 9.25. The number of aromatic nitrogens is 3. The zero-order chi connectivity index (χ0) is 17.7. The van der Waals surface area contributed by atoms with Crippen LogP contribution in [0.1, 0.15) is 82.3 Å². The Morgan fingerprint density at radius 3 is 2.71 bits per heavy atom. The second-order valence-electron chi connectivity index (χ2n) is 6.50. The number of hydrogen-bond donors (Lipinski definition) is 2. The summed E-state index contributed by atoms with van der Waals surface area (Å²) in [6.45, 7) is 10.4. The average molecular weight is 330 g/mol. The molecule has 1 saturated carbocycles. The fourth-order valence-electron chi connectivity index (χ4n) is 2.79. The Balaban J connectivity index is 0.00000100. The Bertz CT molecular complexity index is 675. The molecule has 0 spiro atoms. The molecule has 1 amide bonds. The molecule has 1 aliphatic rings. The predicted octanol–water partition coefficient (Wildman–Crippen LogP) is 4.42. The second-order valence-corrected chi connectivity index (χ2v) is 6.50. The summed E-state index contributed by atoms with van der Waals surface area (Å²) in [7, 11) is 0. The normalized spacial score (nSPS) is 16.2. The molecule has 5 heteroatoms. The average Bonchev–Trinajstić information content (AvgIpc) is 3.35. The topological polar surface area (TPSA) is 70.7 Å². The molecule has 3 rings (SSSR count). The van der Waals surface area contributed by atoms with Crippen LogP contribution in [0.5, 0.6) is 0 Å². The van der Waals surface area contributed by atoms with Gasteiger partial charge in [0.2, 0.25) is 0 Å². The van der Waals surface area contributed by atoms with E-state index in [1.807, 2.05) is 20.0 Å². The van der Waals surface area contributed by atoms with E-state index in [9.17, 15) is 4.79 Å². The monoisotopic (exact) mass is 330 g/mol. The smallest absolute Gasteiger partial charge is 0.255 e. The standard InChI is InChI=1S/C17H24N4O.C2H6/c1-4-5-10(2)11(3)20-17(22)13-8-18-16-15(13)21-14(9-19-16)12-6-7-12;1-2/h8-12H,4-7H2,1-3H3,(H,18,19)(H,20,22);1-2H3/t10?,11-;/m1./s1. The van der Waals surface area contributed by atoms with Gasteiger partial charge in [0, 0.05) is 18.2 Å². The molecule has 2 aromatic heterocycles. The number of carbonyl (C=O) groups is 1. The number of rotatable bonds is 6. The van der Waals surface area contributed by atoms with E-state index in [1.54, 1.807) is 6.20 Å². The lowest BCUT2D eigenvalue weighted by Crippen LogP contribution is -2.37. The summed E-state index contributed by atoms with van der Waals surface area (Å²) >= 11 is 0. The minimum absolute atomic E-state index is 0.0658. The molecule has 0 saturated heterocycles. The molecule has 1 fully saturated rings. The van der Waals surface area contributed by atoms with Gasteiger partial charge in [-0.25, -0.2) is 9.97 Å². The van der Waals surface area contributed by atoms with Gasteiger partial charge < -0.3 is 10.3 Å². The van der Waals surface area contributed by atoms with E-state index in [0.29, 0.717) is 28.6 Å². The highest BCUT2D eigenvalue weighted by atomic mass is 16.1. The summed E-state index contributed by atoms with van der Waals surface area (Å²) in [6, 6.07) is 0.150. The summed E-state index contributed by atoms with van der Waals surface area (Å²) in [5.41, 5.74) is 2.98. The quantitative estimate of drug-likeness (QED) is 0.824. The van der Waals surface area contributed by atoms with Crippen LogP contribution < -0.4 is 5.32 Å². The van der Waals surface area contributed by atoms with Gasteiger partial charge in [0.25, 0.3) is 5.91 Å². The van der Waals surface area contributed by atoms with Gasteiger partial charge in [0.05, 0.1) is 17.5 Å². The summed E-state index contributed by atoms with van der Waals surface area (Å²) in [5.74, 6) is 0.933. The SMILES string of the molecule is CC.CCCC(C)[C@@H](C)NC(=O)c1c[nH]c2ncc(C3CC3)nc12. The minimum atomic E-state index is -0.0658. The van der Waals surface area contributed by atoms with E-state index in [2.05, 4.69) is 41.0 Å². The highest BCUT2D eigenvalue weighted by Gasteiger charge is 2.27. The van der Waals surface area contributed by atoms with E-state index < -0.39 is 0 Å². The van der Waals surface area contributed by atoms with Gasteiger partial charge in [-0.3, -0.25) is 4.79 Å². The van der Waals surface area contributed by atoms with Crippen molar-refractivity contribution in [1.82, 2.24) is 20.3 Å². The van der Waals surface area contributed by atoms with Crippen LogP contribution in [0, 0.1) is 5.92 Å². The number of H-pyrrole nitrogens is 1. The molecule has 132 valence electrons. The van der Waals surface area contributed by atoms with Crippen LogP contribution in [0.15, 0.2) is 12.4 Å². The summed E-state index contributed by atoms with van der Waals surface area (Å²) in [6.07, 6.45) is 8.14. The van der Waals surface area contributed by atoms with E-state index >= 15 is 0 Å². The van der Waals surface area contributed by atoms with Crippen molar-refractivity contribution in [3.8, 4) is 0 Å². The van der Waals surface area contributed by atoms with Crippen molar-refractivity contribution < 1.29 is 4.79 Å². The van der Waals surface area contributed by atoms with Gasteiger partial charge in [-0.2, -0.15) is 0 Å². The predicted molar refractivity (Wildman–Crippen MR) is 98.2 cm³/mol. The zero-order valence-corrected chi connectivity index (χ0v) is 15.5. The fraction of sp³-hybridized carbons (Fsp3) is 0.632. The fourth-order valence-corrected chi connectivity index (χ4v) is 2.79. The third-order valence-electron chi connectivity index (χ3n) is 4.60. The van der Waals surface area contributed by atoms with Crippen LogP contribution in [0.25, 0.3) is 11.2 Å². The number of aromatic amines is 1. The Morgan fingerprint density at radius 2 is 2.08 bits per heavy atom. The second kappa shape index (κ2) is 8.27. The molecule has 0 aliphatic heterocycles. The number of hydrogen-bond acceptors (Lipinski definition) is 3. The maximum atomic E-state index is 12.5. The Hall–Kier alpha value is -1.91. The molecule has 1 unspecified atom stereocenters. The van der Waals surface area contributed by atoms with Gasteiger partial charge >= 0.3 is 0 Å². The van der Waals surface area contributed by atoms with Gasteiger partial charge in [0.15, 0.2) is 5.65 Å². The van der Waals surface area contributed by atoms with Gasteiger partial charge in [-0.1, -0.05) is 34.1 Å². The molecular weight excluding hydrogens is 300 g/mol. The van der Waals surface area contributed by atoms with Crippen LogP contribution in [0.3, 0.4) is 0 Å². The Morgan fingerprint density at radius 1 is 1.38 bits per heavy atom. The van der Waals surface area contributed by atoms with Crippen LogP contribution in [0.4, 0.5) is 0 Å². The largest absolute Gasteiger partial charge is 0.349 e. The van der Waals surface area contributed by atoms with Crippen molar-refractivity contribution >= 4 is 17.1 Å². The molecule has 5 nitrogen and oxygen atoms in total.